The van der Waals surface area contributed by atoms with Gasteiger partial charge in [-0.05, 0) is 25.5 Å². The van der Waals surface area contributed by atoms with E-state index in [1.165, 1.54) is 0 Å². The molecule has 0 radical (unpaired) electrons. The van der Waals surface area contributed by atoms with Gasteiger partial charge in [-0.15, -0.1) is 0 Å². The quantitative estimate of drug-likeness (QED) is 0.911. The molecule has 1 saturated heterocycles. The monoisotopic (exact) mass is 277 g/mol. The Labute approximate surface area is 118 Å². The number of hydrogen-bond acceptors (Lipinski definition) is 3. The SMILES string of the molecule is Cc1ccc(C(=O)N2CCOCC2CC(=O)O)c(C)c1. The summed E-state index contributed by atoms with van der Waals surface area (Å²) in [6, 6.07) is 5.27. The number of hydrogen-bond donors (Lipinski definition) is 1. The molecule has 108 valence electrons. The van der Waals surface area contributed by atoms with Gasteiger partial charge >= 0.3 is 5.97 Å². The van der Waals surface area contributed by atoms with Crippen LogP contribution in [-0.4, -0.2) is 47.7 Å². The number of carbonyl (C=O) groups is 2. The Balaban J connectivity index is 2.22. The third-order valence-corrected chi connectivity index (χ3v) is 3.51. The van der Waals surface area contributed by atoms with E-state index in [-0.39, 0.29) is 18.9 Å². The Bertz CT molecular complexity index is 527. The van der Waals surface area contributed by atoms with Gasteiger partial charge in [0.05, 0.1) is 25.7 Å². The van der Waals surface area contributed by atoms with Crippen LogP contribution in [0, 0.1) is 13.8 Å². The number of carboxylic acid groups (broad SMARTS) is 1. The zero-order valence-electron chi connectivity index (χ0n) is 11.8. The van der Waals surface area contributed by atoms with Gasteiger partial charge in [-0.25, -0.2) is 0 Å². The molecular weight excluding hydrogens is 258 g/mol. The molecule has 1 aromatic carbocycles. The standard InChI is InChI=1S/C15H19NO4/c1-10-3-4-13(11(2)7-10)15(19)16-5-6-20-9-12(16)8-14(17)18/h3-4,7,12H,5-6,8-9H2,1-2H3,(H,17,18). The molecule has 0 saturated carbocycles. The van der Waals surface area contributed by atoms with Crippen LogP contribution in [0.4, 0.5) is 0 Å². The predicted molar refractivity (Wildman–Crippen MR) is 73.8 cm³/mol. The number of benzene rings is 1. The van der Waals surface area contributed by atoms with Crippen LogP contribution >= 0.6 is 0 Å². The number of carbonyl (C=O) groups excluding carboxylic acids is 1. The van der Waals surface area contributed by atoms with Crippen molar-refractivity contribution < 1.29 is 19.4 Å². The van der Waals surface area contributed by atoms with Gasteiger partial charge in [-0.3, -0.25) is 9.59 Å². The predicted octanol–water partition coefficient (Wildman–Crippen LogP) is 1.62. The third-order valence-electron chi connectivity index (χ3n) is 3.51. The van der Waals surface area contributed by atoms with Crippen molar-refractivity contribution in [2.75, 3.05) is 19.8 Å². The molecule has 1 aliphatic rings. The molecule has 2 rings (SSSR count). The van der Waals surface area contributed by atoms with Gasteiger partial charge in [0.25, 0.3) is 5.91 Å². The smallest absolute Gasteiger partial charge is 0.305 e. The lowest BCUT2D eigenvalue weighted by Crippen LogP contribution is -2.49. The minimum Gasteiger partial charge on any atom is -0.481 e. The minimum absolute atomic E-state index is 0.0867. The Morgan fingerprint density at radius 1 is 1.40 bits per heavy atom. The van der Waals surface area contributed by atoms with Crippen molar-refractivity contribution in [3.05, 3.63) is 34.9 Å². The van der Waals surface area contributed by atoms with E-state index in [2.05, 4.69) is 0 Å². The Kier molecular flexibility index (Phi) is 4.39. The van der Waals surface area contributed by atoms with Crippen LogP contribution in [0.5, 0.6) is 0 Å². The summed E-state index contributed by atoms with van der Waals surface area (Å²) in [4.78, 5) is 25.1. The van der Waals surface area contributed by atoms with Crippen LogP contribution < -0.4 is 0 Å². The topological polar surface area (TPSA) is 66.8 Å². The number of rotatable bonds is 3. The van der Waals surface area contributed by atoms with Crippen LogP contribution in [0.1, 0.15) is 27.9 Å². The molecule has 1 atom stereocenters. The normalized spacial score (nSPS) is 18.9. The number of aliphatic carboxylic acids is 1. The first-order valence-electron chi connectivity index (χ1n) is 6.67. The largest absolute Gasteiger partial charge is 0.481 e. The van der Waals surface area contributed by atoms with Crippen molar-refractivity contribution in [3.8, 4) is 0 Å². The number of nitrogens with zero attached hydrogens (tertiary/aromatic N) is 1. The first kappa shape index (κ1) is 14.5. The molecular formula is C15H19NO4. The summed E-state index contributed by atoms with van der Waals surface area (Å²) in [7, 11) is 0. The summed E-state index contributed by atoms with van der Waals surface area (Å²) >= 11 is 0. The molecule has 5 heteroatoms. The molecule has 20 heavy (non-hydrogen) atoms. The maximum Gasteiger partial charge on any atom is 0.305 e. The average Bonchev–Trinajstić information content (AvgIpc) is 2.38. The molecule has 1 fully saturated rings. The van der Waals surface area contributed by atoms with E-state index < -0.39 is 12.0 Å². The van der Waals surface area contributed by atoms with Crippen LogP contribution in [0.2, 0.25) is 0 Å². The van der Waals surface area contributed by atoms with Gasteiger partial charge in [0.1, 0.15) is 0 Å². The fraction of sp³-hybridized carbons (Fsp3) is 0.467. The fourth-order valence-electron chi connectivity index (χ4n) is 2.50. The molecule has 0 bridgehead atoms. The number of morpholine rings is 1. The highest BCUT2D eigenvalue weighted by molar-refractivity contribution is 5.96. The van der Waals surface area contributed by atoms with Crippen molar-refractivity contribution in [2.24, 2.45) is 0 Å². The molecule has 1 unspecified atom stereocenters. The molecule has 1 aliphatic heterocycles. The third kappa shape index (κ3) is 3.17. The molecule has 0 aliphatic carbocycles. The Hall–Kier alpha value is -1.88. The van der Waals surface area contributed by atoms with E-state index in [1.54, 1.807) is 11.0 Å². The highest BCUT2D eigenvalue weighted by Crippen LogP contribution is 2.18. The minimum atomic E-state index is -0.918. The number of carboxylic acids is 1. The van der Waals surface area contributed by atoms with E-state index >= 15 is 0 Å². The maximum atomic E-state index is 12.6. The van der Waals surface area contributed by atoms with Gasteiger partial charge in [-0.1, -0.05) is 17.7 Å². The summed E-state index contributed by atoms with van der Waals surface area (Å²) < 4.78 is 5.29. The highest BCUT2D eigenvalue weighted by Gasteiger charge is 2.30. The van der Waals surface area contributed by atoms with E-state index in [0.29, 0.717) is 18.7 Å². The summed E-state index contributed by atoms with van der Waals surface area (Å²) in [5.41, 5.74) is 2.64. The van der Waals surface area contributed by atoms with Gasteiger partial charge in [0.2, 0.25) is 0 Å². The Morgan fingerprint density at radius 2 is 2.15 bits per heavy atom. The van der Waals surface area contributed by atoms with E-state index in [0.717, 1.165) is 11.1 Å². The van der Waals surface area contributed by atoms with Gasteiger partial charge in [0.15, 0.2) is 0 Å². The molecule has 5 nitrogen and oxygen atoms in total. The molecule has 1 amide bonds. The summed E-state index contributed by atoms with van der Waals surface area (Å²) in [6.07, 6.45) is -0.0867. The Morgan fingerprint density at radius 3 is 2.80 bits per heavy atom. The van der Waals surface area contributed by atoms with Crippen LogP contribution in [0.3, 0.4) is 0 Å². The summed E-state index contributed by atoms with van der Waals surface area (Å²) in [5.74, 6) is -1.03. The van der Waals surface area contributed by atoms with Crippen LogP contribution in [0.15, 0.2) is 18.2 Å². The van der Waals surface area contributed by atoms with Gasteiger partial charge < -0.3 is 14.7 Å². The van der Waals surface area contributed by atoms with Crippen LogP contribution in [-0.2, 0) is 9.53 Å². The fourth-order valence-corrected chi connectivity index (χ4v) is 2.50. The first-order chi connectivity index (χ1) is 9.49. The highest BCUT2D eigenvalue weighted by atomic mass is 16.5. The number of amides is 1. The van der Waals surface area contributed by atoms with Gasteiger partial charge in [-0.2, -0.15) is 0 Å². The lowest BCUT2D eigenvalue weighted by Gasteiger charge is -2.35. The number of ether oxygens (including phenoxy) is 1. The summed E-state index contributed by atoms with van der Waals surface area (Å²) in [5, 5.41) is 8.93. The molecule has 1 N–H and O–H groups in total. The lowest BCUT2D eigenvalue weighted by atomic mass is 10.0. The van der Waals surface area contributed by atoms with Crippen molar-refractivity contribution >= 4 is 11.9 Å². The van der Waals surface area contributed by atoms with Crippen molar-refractivity contribution in [1.29, 1.82) is 0 Å². The molecule has 0 spiro atoms. The maximum absolute atomic E-state index is 12.6. The molecule has 1 aromatic rings. The van der Waals surface area contributed by atoms with Crippen LogP contribution in [0.25, 0.3) is 0 Å². The average molecular weight is 277 g/mol. The van der Waals surface area contributed by atoms with Crippen molar-refractivity contribution in [2.45, 2.75) is 26.3 Å². The number of aryl methyl sites for hydroxylation is 2. The second kappa shape index (κ2) is 6.05. The molecule has 0 aromatic heterocycles. The molecule has 1 heterocycles. The second-order valence-corrected chi connectivity index (χ2v) is 5.14. The lowest BCUT2D eigenvalue weighted by molar-refractivity contribution is -0.139. The summed E-state index contributed by atoms with van der Waals surface area (Å²) in [6.45, 7) is 5.04. The zero-order valence-corrected chi connectivity index (χ0v) is 11.8. The van der Waals surface area contributed by atoms with Crippen molar-refractivity contribution in [3.63, 3.8) is 0 Å². The van der Waals surface area contributed by atoms with Gasteiger partial charge in [0, 0.05) is 12.1 Å². The second-order valence-electron chi connectivity index (χ2n) is 5.14. The van der Waals surface area contributed by atoms with E-state index in [1.807, 2.05) is 26.0 Å². The van der Waals surface area contributed by atoms with E-state index in [4.69, 9.17) is 9.84 Å². The zero-order chi connectivity index (χ0) is 14.7. The first-order valence-corrected chi connectivity index (χ1v) is 6.67. The van der Waals surface area contributed by atoms with E-state index in [9.17, 15) is 9.59 Å². The van der Waals surface area contributed by atoms with Crippen molar-refractivity contribution in [1.82, 2.24) is 4.90 Å².